The van der Waals surface area contributed by atoms with Gasteiger partial charge in [0.25, 0.3) is 0 Å². The molecule has 0 bridgehead atoms. The minimum atomic E-state index is -1.98. The average Bonchev–Trinajstić information content (AvgIpc) is 3.32. The van der Waals surface area contributed by atoms with Gasteiger partial charge in [-0.25, -0.2) is 0 Å². The van der Waals surface area contributed by atoms with Gasteiger partial charge in [-0.1, -0.05) is 0 Å². The smallest absolute Gasteiger partial charge is 0.239 e. The summed E-state index contributed by atoms with van der Waals surface area (Å²) in [5.41, 5.74) is 0. The molecule has 0 aromatic rings. The van der Waals surface area contributed by atoms with Gasteiger partial charge in [0.05, 0.1) is 39.1 Å². The Morgan fingerprint density at radius 1 is 0.515 bits per heavy atom. The van der Waals surface area contributed by atoms with Crippen molar-refractivity contribution in [3.63, 3.8) is 0 Å². The first-order valence-electron chi connectivity index (χ1n) is 22.1. The Bertz CT molecular complexity index is 1570. The quantitative estimate of drug-likeness (QED) is 0.0399. The lowest BCUT2D eigenvalue weighted by Gasteiger charge is -2.46. The number of carbonyl (C=O) groups is 4. The fraction of sp³-hybridized carbons (Fsp3) is 0.897. The van der Waals surface area contributed by atoms with Crippen molar-refractivity contribution in [2.24, 2.45) is 0 Å². The molecule has 29 nitrogen and oxygen atoms in total. The maximum absolute atomic E-state index is 13.2. The van der Waals surface area contributed by atoms with E-state index in [1.165, 1.54) is 14.0 Å². The summed E-state index contributed by atoms with van der Waals surface area (Å²) in [6, 6.07) is 0. The van der Waals surface area contributed by atoms with Crippen LogP contribution in [-0.4, -0.2) is 284 Å². The van der Waals surface area contributed by atoms with E-state index in [0.717, 1.165) is 4.90 Å². The minimum absolute atomic E-state index is 0.129. The van der Waals surface area contributed by atoms with Crippen molar-refractivity contribution in [3.8, 4) is 0 Å². The van der Waals surface area contributed by atoms with Gasteiger partial charge in [0, 0.05) is 33.0 Å². The zero-order valence-corrected chi connectivity index (χ0v) is 37.4. The molecule has 0 aliphatic carbocycles. The lowest BCUT2D eigenvalue weighted by Crippen LogP contribution is -2.65. The summed E-state index contributed by atoms with van der Waals surface area (Å²) < 4.78 is 44.0. The first-order valence-corrected chi connectivity index (χ1v) is 22.1. The number of ether oxygens (including phenoxy) is 8. The van der Waals surface area contributed by atoms with E-state index in [9.17, 15) is 85.6 Å². The summed E-state index contributed by atoms with van der Waals surface area (Å²) >= 11 is 0. The molecule has 4 amide bonds. The Morgan fingerprint density at radius 2 is 0.971 bits per heavy atom. The van der Waals surface area contributed by atoms with E-state index in [1.54, 1.807) is 0 Å². The molecule has 4 aliphatic rings. The van der Waals surface area contributed by atoms with Crippen LogP contribution in [0.4, 0.5) is 0 Å². The number of aliphatic hydroxyl groups excluding tert-OH is 13. The van der Waals surface area contributed by atoms with Gasteiger partial charge in [0.2, 0.25) is 23.6 Å². The Balaban J connectivity index is 1.37. The molecule has 20 atom stereocenters. The number of carbonyl (C=O) groups excluding carboxylic acids is 4. The predicted octanol–water partition coefficient (Wildman–Crippen LogP) is -10.3. The van der Waals surface area contributed by atoms with E-state index in [0.29, 0.717) is 6.42 Å². The zero-order chi connectivity index (χ0) is 50.4. The molecule has 4 saturated heterocycles. The Morgan fingerprint density at radius 3 is 1.50 bits per heavy atom. The van der Waals surface area contributed by atoms with E-state index in [-0.39, 0.29) is 44.9 Å². The van der Waals surface area contributed by atoms with Crippen molar-refractivity contribution in [3.05, 3.63) is 0 Å². The van der Waals surface area contributed by atoms with Crippen molar-refractivity contribution >= 4 is 23.6 Å². The van der Waals surface area contributed by atoms with Gasteiger partial charge in [0.1, 0.15) is 105 Å². The van der Waals surface area contributed by atoms with Crippen LogP contribution in [0.1, 0.15) is 32.6 Å². The van der Waals surface area contributed by atoms with Crippen LogP contribution in [-0.2, 0) is 57.1 Å². The standard InChI is InChI=1S/C39H68N4O25/c1-16-24(50)28(54)31(57)36(64-16)61-9-7-41-21(47)11-43(23(49)6-4-3-5-20(46)40-2)12-22(48)42-8-10-62-38-34(60)35(68-39-33(59)30(56)26(52)18(14-45)66-39)27(53)19(67-38)15-63-37-32(58)29(55)25(51)17(13-44)65-37/h16-19,24-39,44-45,50-60H,3-15H2,1-2H3,(H,40,46)(H,41,47)(H,42,48)/t16-,17+,18+,19?,24+,25+,26+,27+,28+,29-,30-,31-,32-,33-,34-,35-,36+,37-,38-,39+/m0/s1. The van der Waals surface area contributed by atoms with E-state index < -0.39 is 180 Å². The summed E-state index contributed by atoms with van der Waals surface area (Å²) in [4.78, 5) is 51.9. The van der Waals surface area contributed by atoms with Crippen LogP contribution in [0.3, 0.4) is 0 Å². The summed E-state index contributed by atoms with van der Waals surface area (Å²) in [6.07, 6.45) is -32.5. The van der Waals surface area contributed by atoms with Crippen molar-refractivity contribution < 1.29 is 123 Å². The lowest BCUT2D eigenvalue weighted by molar-refractivity contribution is -0.366. The topological polar surface area (TPSA) is 444 Å². The third kappa shape index (κ3) is 15.5. The van der Waals surface area contributed by atoms with Crippen LogP contribution >= 0.6 is 0 Å². The normalized spacial score (nSPS) is 38.6. The number of unbranched alkanes of at least 4 members (excludes halogenated alkanes) is 1. The highest BCUT2D eigenvalue weighted by molar-refractivity contribution is 5.89. The van der Waals surface area contributed by atoms with E-state index in [1.807, 2.05) is 0 Å². The molecule has 0 spiro atoms. The second-order valence-corrected chi connectivity index (χ2v) is 16.6. The molecular formula is C39H68N4O25. The number of hydrogen-bond donors (Lipinski definition) is 16. The molecule has 4 rings (SSSR count). The Kier molecular flexibility index (Phi) is 23.4. The molecule has 4 heterocycles. The predicted molar refractivity (Wildman–Crippen MR) is 218 cm³/mol. The molecule has 16 N–H and O–H groups in total. The molecule has 4 fully saturated rings. The minimum Gasteiger partial charge on any atom is -0.394 e. The summed E-state index contributed by atoms with van der Waals surface area (Å²) in [5.74, 6) is -2.36. The zero-order valence-electron chi connectivity index (χ0n) is 37.4. The van der Waals surface area contributed by atoms with Crippen molar-refractivity contribution in [1.82, 2.24) is 20.9 Å². The number of nitrogens with zero attached hydrogens (tertiary/aromatic N) is 1. The molecule has 4 aliphatic heterocycles. The maximum atomic E-state index is 13.2. The molecule has 394 valence electrons. The first kappa shape index (κ1) is 57.6. The van der Waals surface area contributed by atoms with Crippen molar-refractivity contribution in [1.29, 1.82) is 0 Å². The molecule has 0 saturated carbocycles. The van der Waals surface area contributed by atoms with Crippen LogP contribution in [0.2, 0.25) is 0 Å². The van der Waals surface area contributed by atoms with Gasteiger partial charge in [-0.15, -0.1) is 0 Å². The van der Waals surface area contributed by atoms with Crippen LogP contribution in [0, 0.1) is 0 Å². The van der Waals surface area contributed by atoms with Gasteiger partial charge in [-0.2, -0.15) is 0 Å². The number of rotatable bonds is 24. The fourth-order valence-corrected chi connectivity index (χ4v) is 7.49. The lowest BCUT2D eigenvalue weighted by atomic mass is 9.96. The van der Waals surface area contributed by atoms with Gasteiger partial charge in [-0.3, -0.25) is 19.2 Å². The Hall–Kier alpha value is -2.96. The molecule has 29 heteroatoms. The van der Waals surface area contributed by atoms with Gasteiger partial charge < -0.3 is 125 Å². The highest BCUT2D eigenvalue weighted by Gasteiger charge is 2.52. The van der Waals surface area contributed by atoms with Crippen LogP contribution in [0.25, 0.3) is 0 Å². The number of aliphatic hydroxyl groups is 13. The van der Waals surface area contributed by atoms with Crippen LogP contribution in [0.15, 0.2) is 0 Å². The van der Waals surface area contributed by atoms with Gasteiger partial charge in [-0.05, 0) is 19.8 Å². The summed E-state index contributed by atoms with van der Waals surface area (Å²) in [6.45, 7) is -3.27. The monoisotopic (exact) mass is 992 g/mol. The highest BCUT2D eigenvalue weighted by Crippen LogP contribution is 2.31. The Labute approximate surface area is 389 Å². The number of nitrogens with one attached hydrogen (secondary N) is 3. The third-order valence-corrected chi connectivity index (χ3v) is 11.6. The first-order chi connectivity index (χ1) is 32.2. The van der Waals surface area contributed by atoms with Gasteiger partial charge >= 0.3 is 0 Å². The van der Waals surface area contributed by atoms with E-state index in [2.05, 4.69) is 16.0 Å². The van der Waals surface area contributed by atoms with Gasteiger partial charge in [0.15, 0.2) is 25.2 Å². The molecule has 0 aromatic carbocycles. The number of amides is 4. The summed E-state index contributed by atoms with van der Waals surface area (Å²) in [5, 5.41) is 141. The highest BCUT2D eigenvalue weighted by atomic mass is 16.8. The largest absolute Gasteiger partial charge is 0.394 e. The van der Waals surface area contributed by atoms with E-state index in [4.69, 9.17) is 37.9 Å². The molecule has 0 radical (unpaired) electrons. The van der Waals surface area contributed by atoms with Crippen LogP contribution in [0.5, 0.6) is 0 Å². The molecule has 68 heavy (non-hydrogen) atoms. The van der Waals surface area contributed by atoms with E-state index >= 15 is 0 Å². The van der Waals surface area contributed by atoms with Crippen molar-refractivity contribution in [2.45, 2.75) is 155 Å². The second-order valence-electron chi connectivity index (χ2n) is 16.6. The molecular weight excluding hydrogens is 924 g/mol. The molecule has 0 aromatic heterocycles. The van der Waals surface area contributed by atoms with Crippen molar-refractivity contribution in [2.75, 3.05) is 66.3 Å². The average molecular weight is 993 g/mol. The summed E-state index contributed by atoms with van der Waals surface area (Å²) in [7, 11) is 1.46. The third-order valence-electron chi connectivity index (χ3n) is 11.6. The molecule has 1 unspecified atom stereocenters. The SMILES string of the molecule is CNC(=O)CCCCC(=O)N(CC(=O)NCCO[C@@H]1O[C@@H](C)[C@@H](O)[C@@H](O)[C@@H]1O)CC(=O)NCCO[C@H]1OC(CO[C@H]2O[C@H](CO)[C@@H](O)[C@H](O)[C@@H]2O)[C@@H](O)[C@H](O[C@H]2O[C@H](CO)[C@@H](O)[C@H](O)[C@@H]2O)[C@@H]1O. The maximum Gasteiger partial charge on any atom is 0.239 e. The van der Waals surface area contributed by atoms with Crippen LogP contribution < -0.4 is 16.0 Å². The fourth-order valence-electron chi connectivity index (χ4n) is 7.49. The number of hydrogen-bond acceptors (Lipinski definition) is 25. The second kappa shape index (κ2) is 27.6.